The monoisotopic (exact) mass is 320 g/mol. The predicted molar refractivity (Wildman–Crippen MR) is 89.4 cm³/mol. The summed E-state index contributed by atoms with van der Waals surface area (Å²) in [6, 6.07) is 5.72. The number of rotatable bonds is 2. The first-order valence-corrected chi connectivity index (χ1v) is 8.08. The van der Waals surface area contributed by atoms with Crippen molar-refractivity contribution in [3.63, 3.8) is 0 Å². The topological polar surface area (TPSA) is 20.7 Å². The summed E-state index contributed by atoms with van der Waals surface area (Å²) >= 11 is 7.25. The van der Waals surface area contributed by atoms with Gasteiger partial charge in [0, 0.05) is 9.75 Å². The van der Waals surface area contributed by atoms with Crippen LogP contribution < -0.4 is 0 Å². The van der Waals surface area contributed by atoms with E-state index in [1.54, 1.807) is 18.3 Å². The van der Waals surface area contributed by atoms with Gasteiger partial charge >= 0.3 is 0 Å². The number of aryl methyl sites for hydroxylation is 3. The molecule has 0 amide bonds. The van der Waals surface area contributed by atoms with E-state index in [2.05, 4.69) is 36.4 Å². The molecule has 0 saturated heterocycles. The molecule has 2 aromatic heterocycles. The summed E-state index contributed by atoms with van der Waals surface area (Å²) < 4.78 is 16.4. The van der Waals surface area contributed by atoms with Crippen molar-refractivity contribution in [2.75, 3.05) is 0 Å². The molecule has 1 unspecified atom stereocenters. The maximum absolute atomic E-state index is 13.7. The first-order chi connectivity index (χ1) is 9.88. The van der Waals surface area contributed by atoms with E-state index < -0.39 is 0 Å². The fraction of sp³-hybridized carbons (Fsp3) is 0.312. The van der Waals surface area contributed by atoms with Crippen molar-refractivity contribution in [2.24, 2.45) is 0 Å². The maximum atomic E-state index is 13.7. The fourth-order valence-electron chi connectivity index (χ4n) is 2.84. The highest BCUT2D eigenvalue weighted by molar-refractivity contribution is 7.71. The number of halogens is 1. The smallest absolute Gasteiger partial charge is 0.178 e. The minimum Gasteiger partial charge on any atom is -0.330 e. The van der Waals surface area contributed by atoms with E-state index in [1.807, 2.05) is 6.07 Å². The molecular weight excluding hydrogens is 303 g/mol. The number of thiophene rings is 1. The van der Waals surface area contributed by atoms with Crippen molar-refractivity contribution < 1.29 is 4.39 Å². The lowest BCUT2D eigenvalue weighted by Crippen LogP contribution is -2.07. The van der Waals surface area contributed by atoms with Crippen LogP contribution >= 0.6 is 23.6 Å². The molecule has 3 aromatic rings. The summed E-state index contributed by atoms with van der Waals surface area (Å²) in [5, 5.41) is 0. The van der Waals surface area contributed by atoms with Crippen LogP contribution in [0.5, 0.6) is 0 Å². The Morgan fingerprint density at radius 1 is 1.24 bits per heavy atom. The molecule has 3 rings (SSSR count). The van der Waals surface area contributed by atoms with Crippen molar-refractivity contribution in [2.45, 2.75) is 33.7 Å². The molecular formula is C16H17FN2S2. The average Bonchev–Trinajstić information content (AvgIpc) is 2.89. The third-order valence-electron chi connectivity index (χ3n) is 3.91. The Kier molecular flexibility index (Phi) is 3.50. The van der Waals surface area contributed by atoms with Crippen LogP contribution in [-0.4, -0.2) is 9.55 Å². The van der Waals surface area contributed by atoms with Crippen LogP contribution in [0, 0.1) is 31.4 Å². The molecule has 0 aliphatic rings. The van der Waals surface area contributed by atoms with Gasteiger partial charge in [0.15, 0.2) is 4.77 Å². The van der Waals surface area contributed by atoms with E-state index in [-0.39, 0.29) is 11.9 Å². The number of H-pyrrole nitrogens is 1. The zero-order valence-electron chi connectivity index (χ0n) is 12.5. The third-order valence-corrected chi connectivity index (χ3v) is 5.19. The van der Waals surface area contributed by atoms with Gasteiger partial charge in [0.1, 0.15) is 5.82 Å². The van der Waals surface area contributed by atoms with Crippen molar-refractivity contribution >= 4 is 34.6 Å². The summed E-state index contributed by atoms with van der Waals surface area (Å²) in [7, 11) is 0. The van der Waals surface area contributed by atoms with Crippen molar-refractivity contribution in [3.8, 4) is 0 Å². The van der Waals surface area contributed by atoms with Gasteiger partial charge in [-0.1, -0.05) is 0 Å². The summed E-state index contributed by atoms with van der Waals surface area (Å²) in [4.78, 5) is 5.71. The molecule has 0 aliphatic carbocycles. The number of aromatic amines is 1. The zero-order chi connectivity index (χ0) is 15.3. The number of nitrogens with zero attached hydrogens (tertiary/aromatic N) is 1. The molecule has 2 heterocycles. The number of benzene rings is 1. The summed E-state index contributed by atoms with van der Waals surface area (Å²) in [6.45, 7) is 8.16. The molecule has 0 fully saturated rings. The SMILES string of the molecule is Cc1cc(C(C)n2c(=S)[nH]c3cc(F)c(C)cc32)c(C)s1. The number of hydrogen-bond acceptors (Lipinski definition) is 2. The molecule has 0 radical (unpaired) electrons. The van der Waals surface area contributed by atoms with Crippen molar-refractivity contribution in [1.82, 2.24) is 9.55 Å². The van der Waals surface area contributed by atoms with Gasteiger partial charge in [-0.2, -0.15) is 0 Å². The van der Waals surface area contributed by atoms with E-state index in [0.29, 0.717) is 10.3 Å². The highest BCUT2D eigenvalue weighted by Gasteiger charge is 2.17. The molecule has 110 valence electrons. The fourth-order valence-corrected chi connectivity index (χ4v) is 4.22. The normalized spacial score (nSPS) is 13.0. The molecule has 2 nitrogen and oxygen atoms in total. The zero-order valence-corrected chi connectivity index (χ0v) is 14.1. The summed E-state index contributed by atoms with van der Waals surface area (Å²) in [5.74, 6) is -0.207. The molecule has 0 bridgehead atoms. The van der Waals surface area contributed by atoms with E-state index in [1.165, 1.54) is 21.4 Å². The Morgan fingerprint density at radius 2 is 1.95 bits per heavy atom. The van der Waals surface area contributed by atoms with Crippen LogP contribution in [0.1, 0.15) is 33.8 Å². The second-order valence-electron chi connectivity index (χ2n) is 5.46. The summed E-state index contributed by atoms with van der Waals surface area (Å²) in [6.07, 6.45) is 0. The minimum absolute atomic E-state index is 0.126. The Bertz CT molecular complexity index is 886. The van der Waals surface area contributed by atoms with Crippen LogP contribution in [0.2, 0.25) is 0 Å². The maximum Gasteiger partial charge on any atom is 0.178 e. The molecule has 0 aliphatic heterocycles. The van der Waals surface area contributed by atoms with E-state index in [0.717, 1.165) is 11.0 Å². The minimum atomic E-state index is -0.207. The number of nitrogens with one attached hydrogen (secondary N) is 1. The van der Waals surface area contributed by atoms with E-state index in [4.69, 9.17) is 12.2 Å². The van der Waals surface area contributed by atoms with Gasteiger partial charge in [-0.15, -0.1) is 11.3 Å². The molecule has 0 spiro atoms. The molecule has 21 heavy (non-hydrogen) atoms. The average molecular weight is 320 g/mol. The lowest BCUT2D eigenvalue weighted by molar-refractivity contribution is 0.619. The van der Waals surface area contributed by atoms with Crippen LogP contribution in [-0.2, 0) is 0 Å². The highest BCUT2D eigenvalue weighted by atomic mass is 32.1. The Hall–Kier alpha value is -1.46. The number of imidazole rings is 1. The standard InChI is InChI=1S/C16H17FN2S2/c1-8-5-15-14(7-13(8)17)18-16(20)19(15)10(3)12-6-9(2)21-11(12)4/h5-7,10H,1-4H3,(H,18,20). The molecule has 0 saturated carbocycles. The molecule has 1 aromatic carbocycles. The van der Waals surface area contributed by atoms with Crippen molar-refractivity contribution in [1.29, 1.82) is 0 Å². The van der Waals surface area contributed by atoms with Gasteiger partial charge in [-0.25, -0.2) is 4.39 Å². The lowest BCUT2D eigenvalue weighted by atomic mass is 10.1. The third kappa shape index (κ3) is 2.34. The van der Waals surface area contributed by atoms with Gasteiger partial charge in [0.25, 0.3) is 0 Å². The van der Waals surface area contributed by atoms with Gasteiger partial charge in [0.2, 0.25) is 0 Å². The molecule has 1 atom stereocenters. The predicted octanol–water partition coefficient (Wildman–Crippen LogP) is 5.43. The van der Waals surface area contributed by atoms with Crippen LogP contribution in [0.15, 0.2) is 18.2 Å². The number of aromatic nitrogens is 2. The highest BCUT2D eigenvalue weighted by Crippen LogP contribution is 2.31. The molecule has 1 N–H and O–H groups in total. The van der Waals surface area contributed by atoms with Crippen LogP contribution in [0.3, 0.4) is 0 Å². The largest absolute Gasteiger partial charge is 0.330 e. The second-order valence-corrected chi connectivity index (χ2v) is 7.31. The van der Waals surface area contributed by atoms with E-state index in [9.17, 15) is 4.39 Å². The number of hydrogen-bond donors (Lipinski definition) is 1. The van der Waals surface area contributed by atoms with Crippen LogP contribution in [0.4, 0.5) is 4.39 Å². The van der Waals surface area contributed by atoms with Gasteiger partial charge in [-0.05, 0) is 69.2 Å². The van der Waals surface area contributed by atoms with Crippen LogP contribution in [0.25, 0.3) is 11.0 Å². The molecule has 5 heteroatoms. The van der Waals surface area contributed by atoms with Gasteiger partial charge in [0.05, 0.1) is 17.1 Å². The number of fused-ring (bicyclic) bond motifs is 1. The Morgan fingerprint density at radius 3 is 2.57 bits per heavy atom. The van der Waals surface area contributed by atoms with Crippen molar-refractivity contribution in [3.05, 3.63) is 49.7 Å². The first kappa shape index (κ1) is 14.5. The lowest BCUT2D eigenvalue weighted by Gasteiger charge is -2.15. The Balaban J connectivity index is 2.24. The van der Waals surface area contributed by atoms with Gasteiger partial charge < -0.3 is 9.55 Å². The second kappa shape index (κ2) is 5.07. The van der Waals surface area contributed by atoms with E-state index >= 15 is 0 Å². The van der Waals surface area contributed by atoms with Gasteiger partial charge in [-0.3, -0.25) is 0 Å². The Labute approximate surface area is 132 Å². The summed E-state index contributed by atoms with van der Waals surface area (Å²) in [5.41, 5.74) is 3.61. The first-order valence-electron chi connectivity index (χ1n) is 6.85. The quantitative estimate of drug-likeness (QED) is 0.624.